The SMILES string of the molecule is Cc1[nH]ncc1C(=O)N1CCCOc2ccccc21. The number of aromatic nitrogens is 2. The molecule has 19 heavy (non-hydrogen) atoms. The van der Waals surface area contributed by atoms with Crippen molar-refractivity contribution in [3.63, 3.8) is 0 Å². The second kappa shape index (κ2) is 4.76. The van der Waals surface area contributed by atoms with E-state index < -0.39 is 0 Å². The Bertz CT molecular complexity index is 606. The molecule has 5 nitrogen and oxygen atoms in total. The Labute approximate surface area is 111 Å². The van der Waals surface area contributed by atoms with Crippen molar-refractivity contribution in [2.75, 3.05) is 18.1 Å². The van der Waals surface area contributed by atoms with Crippen molar-refractivity contribution < 1.29 is 9.53 Å². The lowest BCUT2D eigenvalue weighted by atomic mass is 10.2. The van der Waals surface area contributed by atoms with Crippen molar-refractivity contribution in [3.8, 4) is 5.75 Å². The van der Waals surface area contributed by atoms with E-state index in [0.717, 1.165) is 23.6 Å². The van der Waals surface area contributed by atoms with E-state index in [4.69, 9.17) is 4.74 Å². The molecule has 0 radical (unpaired) electrons. The summed E-state index contributed by atoms with van der Waals surface area (Å²) in [5, 5.41) is 6.71. The number of carbonyl (C=O) groups excluding carboxylic acids is 1. The molecule has 0 atom stereocenters. The summed E-state index contributed by atoms with van der Waals surface area (Å²) in [6.07, 6.45) is 2.39. The molecular formula is C14H15N3O2. The van der Waals surface area contributed by atoms with Crippen LogP contribution in [0.3, 0.4) is 0 Å². The second-order valence-corrected chi connectivity index (χ2v) is 4.54. The molecule has 0 unspecified atom stereocenters. The first kappa shape index (κ1) is 11.8. The maximum Gasteiger partial charge on any atom is 0.261 e. The third-order valence-electron chi connectivity index (χ3n) is 3.25. The van der Waals surface area contributed by atoms with Crippen LogP contribution in [0, 0.1) is 6.92 Å². The maximum atomic E-state index is 12.6. The van der Waals surface area contributed by atoms with Crippen LogP contribution >= 0.6 is 0 Å². The first-order valence-corrected chi connectivity index (χ1v) is 6.31. The maximum absolute atomic E-state index is 12.6. The highest BCUT2D eigenvalue weighted by molar-refractivity contribution is 6.07. The molecule has 1 aromatic heterocycles. The zero-order valence-electron chi connectivity index (χ0n) is 10.7. The van der Waals surface area contributed by atoms with Crippen LogP contribution in [-0.4, -0.2) is 29.3 Å². The van der Waals surface area contributed by atoms with Crippen molar-refractivity contribution >= 4 is 11.6 Å². The first-order valence-electron chi connectivity index (χ1n) is 6.31. The lowest BCUT2D eigenvalue weighted by Gasteiger charge is -2.21. The number of rotatable bonds is 1. The first-order chi connectivity index (χ1) is 9.27. The van der Waals surface area contributed by atoms with Gasteiger partial charge in [-0.05, 0) is 25.5 Å². The lowest BCUT2D eigenvalue weighted by molar-refractivity contribution is 0.0986. The van der Waals surface area contributed by atoms with Crippen molar-refractivity contribution in [2.45, 2.75) is 13.3 Å². The fraction of sp³-hybridized carbons (Fsp3) is 0.286. The lowest BCUT2D eigenvalue weighted by Crippen LogP contribution is -2.31. The van der Waals surface area contributed by atoms with Gasteiger partial charge in [-0.3, -0.25) is 9.89 Å². The number of benzene rings is 1. The number of hydrogen-bond donors (Lipinski definition) is 1. The van der Waals surface area contributed by atoms with Gasteiger partial charge in [0.05, 0.1) is 24.1 Å². The van der Waals surface area contributed by atoms with Gasteiger partial charge >= 0.3 is 0 Å². The van der Waals surface area contributed by atoms with Gasteiger partial charge in [0.1, 0.15) is 5.75 Å². The summed E-state index contributed by atoms with van der Waals surface area (Å²) >= 11 is 0. The molecule has 3 rings (SSSR count). The van der Waals surface area contributed by atoms with E-state index in [1.807, 2.05) is 31.2 Å². The number of nitrogens with zero attached hydrogens (tertiary/aromatic N) is 2. The van der Waals surface area contributed by atoms with E-state index in [1.54, 1.807) is 11.1 Å². The minimum atomic E-state index is -0.0378. The summed E-state index contributed by atoms with van der Waals surface area (Å²) in [5.41, 5.74) is 2.22. The molecule has 0 saturated heterocycles. The molecule has 0 saturated carbocycles. The molecule has 1 N–H and O–H groups in total. The summed E-state index contributed by atoms with van der Waals surface area (Å²) in [6.45, 7) is 3.13. The van der Waals surface area contributed by atoms with Crippen molar-refractivity contribution in [1.82, 2.24) is 10.2 Å². The van der Waals surface area contributed by atoms with Crippen LogP contribution in [0.1, 0.15) is 22.5 Å². The zero-order valence-corrected chi connectivity index (χ0v) is 10.7. The molecule has 5 heteroatoms. The minimum Gasteiger partial charge on any atom is -0.491 e. The van der Waals surface area contributed by atoms with Crippen molar-refractivity contribution in [3.05, 3.63) is 41.7 Å². The van der Waals surface area contributed by atoms with Gasteiger partial charge < -0.3 is 9.64 Å². The van der Waals surface area contributed by atoms with Crippen molar-refractivity contribution in [2.24, 2.45) is 0 Å². The highest BCUT2D eigenvalue weighted by Gasteiger charge is 2.24. The number of para-hydroxylation sites is 2. The van der Waals surface area contributed by atoms with Crippen LogP contribution in [0.15, 0.2) is 30.5 Å². The molecule has 1 aliphatic rings. The minimum absolute atomic E-state index is 0.0378. The number of ether oxygens (including phenoxy) is 1. The van der Waals surface area contributed by atoms with Crippen LogP contribution in [0.2, 0.25) is 0 Å². The van der Waals surface area contributed by atoms with E-state index in [-0.39, 0.29) is 5.91 Å². The number of amides is 1. The number of aryl methyl sites for hydroxylation is 1. The van der Waals surface area contributed by atoms with Gasteiger partial charge in [-0.15, -0.1) is 0 Å². The molecule has 0 bridgehead atoms. The number of nitrogens with one attached hydrogen (secondary N) is 1. The number of H-pyrrole nitrogens is 1. The average molecular weight is 257 g/mol. The Balaban J connectivity index is 2.01. The smallest absolute Gasteiger partial charge is 0.261 e. The van der Waals surface area contributed by atoms with Crippen LogP contribution < -0.4 is 9.64 Å². The second-order valence-electron chi connectivity index (χ2n) is 4.54. The third kappa shape index (κ3) is 2.07. The third-order valence-corrected chi connectivity index (χ3v) is 3.25. The quantitative estimate of drug-likeness (QED) is 0.851. The summed E-state index contributed by atoms with van der Waals surface area (Å²) in [7, 11) is 0. The van der Waals surface area contributed by atoms with Crippen molar-refractivity contribution in [1.29, 1.82) is 0 Å². The summed E-state index contributed by atoms with van der Waals surface area (Å²) in [4.78, 5) is 14.4. The van der Waals surface area contributed by atoms with Gasteiger partial charge in [-0.1, -0.05) is 12.1 Å². The van der Waals surface area contributed by atoms with E-state index in [0.29, 0.717) is 18.7 Å². The molecule has 2 aromatic rings. The molecule has 2 heterocycles. The highest BCUT2D eigenvalue weighted by atomic mass is 16.5. The van der Waals surface area contributed by atoms with Gasteiger partial charge in [0.2, 0.25) is 0 Å². The van der Waals surface area contributed by atoms with E-state index in [2.05, 4.69) is 10.2 Å². The summed E-state index contributed by atoms with van der Waals surface area (Å²) in [5.74, 6) is 0.721. The normalized spacial score (nSPS) is 14.5. The Hall–Kier alpha value is -2.30. The molecule has 0 aliphatic carbocycles. The standard InChI is InChI=1S/C14H15N3O2/c1-10-11(9-15-16-10)14(18)17-7-4-8-19-13-6-3-2-5-12(13)17/h2-3,5-6,9H,4,7-8H2,1H3,(H,15,16). The van der Waals surface area contributed by atoms with Crippen LogP contribution in [0.5, 0.6) is 5.75 Å². The predicted octanol–water partition coefficient (Wildman–Crippen LogP) is 2.15. The highest BCUT2D eigenvalue weighted by Crippen LogP contribution is 2.31. The molecular weight excluding hydrogens is 242 g/mol. The van der Waals surface area contributed by atoms with Crippen LogP contribution in [0.25, 0.3) is 0 Å². The number of carbonyl (C=O) groups is 1. The molecule has 0 fully saturated rings. The Morgan fingerprint density at radius 1 is 1.42 bits per heavy atom. The fourth-order valence-electron chi connectivity index (χ4n) is 2.25. The molecule has 0 spiro atoms. The number of anilines is 1. The van der Waals surface area contributed by atoms with Gasteiger partial charge in [0.25, 0.3) is 5.91 Å². The summed E-state index contributed by atoms with van der Waals surface area (Å²) in [6, 6.07) is 7.63. The number of hydrogen-bond acceptors (Lipinski definition) is 3. The van der Waals surface area contributed by atoms with E-state index in [1.165, 1.54) is 0 Å². The Morgan fingerprint density at radius 3 is 3.05 bits per heavy atom. The zero-order chi connectivity index (χ0) is 13.2. The number of fused-ring (bicyclic) bond motifs is 1. The molecule has 1 amide bonds. The predicted molar refractivity (Wildman–Crippen MR) is 71.6 cm³/mol. The molecule has 1 aromatic carbocycles. The molecule has 1 aliphatic heterocycles. The van der Waals surface area contributed by atoms with E-state index >= 15 is 0 Å². The number of aromatic amines is 1. The molecule has 98 valence electrons. The Morgan fingerprint density at radius 2 is 2.26 bits per heavy atom. The fourth-order valence-corrected chi connectivity index (χ4v) is 2.25. The van der Waals surface area contributed by atoms with Gasteiger partial charge in [-0.2, -0.15) is 5.10 Å². The van der Waals surface area contributed by atoms with Gasteiger partial charge in [0, 0.05) is 12.2 Å². The summed E-state index contributed by atoms with van der Waals surface area (Å²) < 4.78 is 5.66. The monoisotopic (exact) mass is 257 g/mol. The Kier molecular flexibility index (Phi) is 2.95. The van der Waals surface area contributed by atoms with Gasteiger partial charge in [0.15, 0.2) is 0 Å². The van der Waals surface area contributed by atoms with Crippen LogP contribution in [0.4, 0.5) is 5.69 Å². The van der Waals surface area contributed by atoms with E-state index in [9.17, 15) is 4.79 Å². The van der Waals surface area contributed by atoms with Crippen LogP contribution in [-0.2, 0) is 0 Å². The largest absolute Gasteiger partial charge is 0.491 e. The topological polar surface area (TPSA) is 58.2 Å². The average Bonchev–Trinajstić information content (AvgIpc) is 2.74. The van der Waals surface area contributed by atoms with Gasteiger partial charge in [-0.25, -0.2) is 0 Å².